The molecule has 0 aliphatic heterocycles. The number of hydrogen-bond donors (Lipinski definition) is 1. The van der Waals surface area contributed by atoms with E-state index >= 15 is 0 Å². The van der Waals surface area contributed by atoms with Crippen molar-refractivity contribution in [2.75, 3.05) is 0 Å². The van der Waals surface area contributed by atoms with Crippen molar-refractivity contribution in [2.45, 2.75) is 65.2 Å². The lowest BCUT2D eigenvalue weighted by Gasteiger charge is -2.63. The number of fused-ring (bicyclic) bond motifs is 3. The van der Waals surface area contributed by atoms with E-state index in [1.54, 1.807) is 0 Å². The summed E-state index contributed by atoms with van der Waals surface area (Å²) in [6.45, 7) is 4.36. The molecule has 0 saturated heterocycles. The normalized spacial score (nSPS) is 51.4. The number of aliphatic carboxylic acids is 1. The number of rotatable bonds is 2. The fraction of sp³-hybridized carbons (Fsp3) is 0.800. The summed E-state index contributed by atoms with van der Waals surface area (Å²) in [4.78, 5) is 23.5. The Hall–Kier alpha value is -1.12. The monoisotopic (exact) mass is 316 g/mol. The quantitative estimate of drug-likeness (QED) is 0.776. The first-order valence-electron chi connectivity index (χ1n) is 9.27. The molecule has 6 atom stereocenters. The second-order valence-corrected chi connectivity index (χ2v) is 9.20. The highest BCUT2D eigenvalue weighted by atomic mass is 16.4. The summed E-state index contributed by atoms with van der Waals surface area (Å²) in [6.07, 6.45) is 11.9. The van der Waals surface area contributed by atoms with Gasteiger partial charge in [0.05, 0.1) is 5.41 Å². The van der Waals surface area contributed by atoms with Crippen LogP contribution in [0.15, 0.2) is 11.6 Å². The minimum absolute atomic E-state index is 0.115. The fourth-order valence-corrected chi connectivity index (χ4v) is 7.36. The van der Waals surface area contributed by atoms with Crippen LogP contribution in [0, 0.1) is 34.0 Å². The van der Waals surface area contributed by atoms with Crippen molar-refractivity contribution >= 4 is 12.3 Å². The van der Waals surface area contributed by atoms with Gasteiger partial charge in [-0.15, -0.1) is 0 Å². The molecule has 4 aliphatic carbocycles. The van der Waals surface area contributed by atoms with Gasteiger partial charge in [0, 0.05) is 0 Å². The molecule has 2 bridgehead atoms. The van der Waals surface area contributed by atoms with Crippen molar-refractivity contribution < 1.29 is 14.7 Å². The van der Waals surface area contributed by atoms with Gasteiger partial charge in [0.1, 0.15) is 6.29 Å². The molecule has 3 nitrogen and oxygen atoms in total. The smallest absolute Gasteiger partial charge is 0.309 e. The van der Waals surface area contributed by atoms with E-state index in [0.717, 1.165) is 56.8 Å². The van der Waals surface area contributed by atoms with Crippen LogP contribution in [0.2, 0.25) is 0 Å². The summed E-state index contributed by atoms with van der Waals surface area (Å²) in [5.74, 6) is 0.704. The highest BCUT2D eigenvalue weighted by Crippen LogP contribution is 2.70. The summed E-state index contributed by atoms with van der Waals surface area (Å²) < 4.78 is 0. The molecule has 0 radical (unpaired) electrons. The van der Waals surface area contributed by atoms with Gasteiger partial charge in [-0.2, -0.15) is 0 Å². The lowest BCUT2D eigenvalue weighted by atomic mass is 9.41. The van der Waals surface area contributed by atoms with Crippen molar-refractivity contribution in [3.8, 4) is 0 Å². The molecule has 4 unspecified atom stereocenters. The van der Waals surface area contributed by atoms with Crippen molar-refractivity contribution in [3.05, 3.63) is 11.6 Å². The van der Waals surface area contributed by atoms with Crippen LogP contribution in [0.25, 0.3) is 0 Å². The largest absolute Gasteiger partial charge is 0.481 e. The maximum absolute atomic E-state index is 12.0. The number of hydrogen-bond acceptors (Lipinski definition) is 2. The van der Waals surface area contributed by atoms with Crippen molar-refractivity contribution in [3.63, 3.8) is 0 Å². The Balaban J connectivity index is 1.76. The number of aldehydes is 1. The molecule has 3 heteroatoms. The zero-order valence-electron chi connectivity index (χ0n) is 14.3. The zero-order valence-corrected chi connectivity index (χ0v) is 14.3. The molecule has 1 N–H and O–H groups in total. The predicted octanol–water partition coefficient (Wildman–Crippen LogP) is 4.22. The maximum atomic E-state index is 12.0. The first-order chi connectivity index (χ1) is 10.9. The zero-order chi connectivity index (χ0) is 16.5. The van der Waals surface area contributed by atoms with E-state index in [0.29, 0.717) is 11.8 Å². The molecule has 0 aromatic carbocycles. The Kier molecular flexibility index (Phi) is 3.15. The summed E-state index contributed by atoms with van der Waals surface area (Å²) in [5, 5.41) is 9.90. The maximum Gasteiger partial charge on any atom is 0.309 e. The van der Waals surface area contributed by atoms with Crippen LogP contribution in [0.4, 0.5) is 0 Å². The average Bonchev–Trinajstić information content (AvgIpc) is 2.77. The molecule has 3 saturated carbocycles. The second kappa shape index (κ2) is 4.70. The summed E-state index contributed by atoms with van der Waals surface area (Å²) in [5.41, 5.74) is 0.762. The first-order valence-corrected chi connectivity index (χ1v) is 9.27. The van der Waals surface area contributed by atoms with Crippen LogP contribution in [-0.2, 0) is 9.59 Å². The van der Waals surface area contributed by atoms with Gasteiger partial charge in [0.15, 0.2) is 0 Å². The third-order valence-corrected chi connectivity index (χ3v) is 8.35. The third kappa shape index (κ3) is 1.82. The standard InChI is InChI=1S/C20H28O3/c1-18-7-3-8-19(2,17(22)23)15(18)6-9-20-10-13(4-5-16(18)20)14(11-20)12-21/h11-13,15-16H,3-10H2,1-2H3,(H,22,23)/t13?,15?,16?,18-,19-,20?/m1/s1. The van der Waals surface area contributed by atoms with Gasteiger partial charge in [0.2, 0.25) is 0 Å². The van der Waals surface area contributed by atoms with Gasteiger partial charge < -0.3 is 5.11 Å². The van der Waals surface area contributed by atoms with E-state index in [-0.39, 0.29) is 16.7 Å². The van der Waals surface area contributed by atoms with Crippen LogP contribution in [-0.4, -0.2) is 17.4 Å². The lowest BCUT2D eigenvalue weighted by molar-refractivity contribution is -0.177. The van der Waals surface area contributed by atoms with E-state index in [1.807, 2.05) is 6.92 Å². The van der Waals surface area contributed by atoms with Gasteiger partial charge in [-0.1, -0.05) is 19.4 Å². The van der Waals surface area contributed by atoms with E-state index in [2.05, 4.69) is 13.0 Å². The Bertz CT molecular complexity index is 594. The number of carbonyl (C=O) groups is 2. The molecule has 23 heavy (non-hydrogen) atoms. The van der Waals surface area contributed by atoms with Gasteiger partial charge in [-0.3, -0.25) is 9.59 Å². The van der Waals surface area contributed by atoms with E-state index in [1.165, 1.54) is 6.42 Å². The van der Waals surface area contributed by atoms with Crippen LogP contribution >= 0.6 is 0 Å². The summed E-state index contributed by atoms with van der Waals surface area (Å²) in [6, 6.07) is 0. The molecule has 0 aromatic heterocycles. The molecule has 3 fully saturated rings. The number of carboxylic acid groups (broad SMARTS) is 1. The van der Waals surface area contributed by atoms with Crippen molar-refractivity contribution in [1.29, 1.82) is 0 Å². The molecule has 0 heterocycles. The topological polar surface area (TPSA) is 54.4 Å². The second-order valence-electron chi connectivity index (χ2n) is 9.20. The van der Waals surface area contributed by atoms with Gasteiger partial charge in [-0.25, -0.2) is 0 Å². The highest BCUT2D eigenvalue weighted by Gasteiger charge is 2.64. The summed E-state index contributed by atoms with van der Waals surface area (Å²) >= 11 is 0. The Morgan fingerprint density at radius 3 is 2.65 bits per heavy atom. The molecule has 126 valence electrons. The molecule has 0 amide bonds. The van der Waals surface area contributed by atoms with Crippen molar-refractivity contribution in [1.82, 2.24) is 0 Å². The number of carbonyl (C=O) groups excluding carboxylic acids is 1. The van der Waals surface area contributed by atoms with Crippen LogP contribution < -0.4 is 0 Å². The highest BCUT2D eigenvalue weighted by molar-refractivity contribution is 5.76. The van der Waals surface area contributed by atoms with E-state index in [9.17, 15) is 14.7 Å². The van der Waals surface area contributed by atoms with E-state index < -0.39 is 11.4 Å². The van der Waals surface area contributed by atoms with Crippen LogP contribution in [0.5, 0.6) is 0 Å². The van der Waals surface area contributed by atoms with Crippen LogP contribution in [0.3, 0.4) is 0 Å². The van der Waals surface area contributed by atoms with Gasteiger partial charge in [0.25, 0.3) is 0 Å². The number of allylic oxidation sites excluding steroid dienone is 2. The first kappa shape index (κ1) is 15.4. The van der Waals surface area contributed by atoms with E-state index in [4.69, 9.17) is 0 Å². The molecule has 1 spiro atoms. The molecular weight excluding hydrogens is 288 g/mol. The predicted molar refractivity (Wildman–Crippen MR) is 87.8 cm³/mol. The lowest BCUT2D eigenvalue weighted by Crippen LogP contribution is -2.58. The Morgan fingerprint density at radius 1 is 1.17 bits per heavy atom. The van der Waals surface area contributed by atoms with Crippen molar-refractivity contribution in [2.24, 2.45) is 34.0 Å². The molecule has 0 aromatic rings. The van der Waals surface area contributed by atoms with Gasteiger partial charge >= 0.3 is 5.97 Å². The fourth-order valence-electron chi connectivity index (χ4n) is 7.36. The van der Waals surface area contributed by atoms with Crippen LogP contribution in [0.1, 0.15) is 65.2 Å². The minimum Gasteiger partial charge on any atom is -0.481 e. The van der Waals surface area contributed by atoms with Gasteiger partial charge in [-0.05, 0) is 86.0 Å². The summed E-state index contributed by atoms with van der Waals surface area (Å²) in [7, 11) is 0. The third-order valence-electron chi connectivity index (χ3n) is 8.35. The molecule has 4 aliphatic rings. The molecule has 4 rings (SSSR count). The SMILES string of the molecule is C[C@@]12CCC[C@@](C)(C(=O)O)C1CCC13C=C(C=O)C(CCC12)C3. The Labute approximate surface area is 138 Å². The Morgan fingerprint density at radius 2 is 1.96 bits per heavy atom. The minimum atomic E-state index is -0.603. The molecular formula is C20H28O3. The average molecular weight is 316 g/mol. The number of carboxylic acids is 1.